The zero-order valence-corrected chi connectivity index (χ0v) is 21.5. The van der Waals surface area contributed by atoms with Crippen LogP contribution in [0, 0.1) is 13.8 Å². The summed E-state index contributed by atoms with van der Waals surface area (Å²) in [6.07, 6.45) is 4.63. The molecule has 0 saturated carbocycles. The Balaban J connectivity index is 0.00000306. The van der Waals surface area contributed by atoms with Crippen LogP contribution in [0.25, 0.3) is 11.4 Å². The molecule has 2 aromatic carbocycles. The number of hydrogen-bond acceptors (Lipinski definition) is 3. The Morgan fingerprint density at radius 1 is 1.00 bits per heavy atom. The van der Waals surface area contributed by atoms with Crippen molar-refractivity contribution >= 4 is 29.9 Å². The van der Waals surface area contributed by atoms with Crippen LogP contribution in [-0.2, 0) is 13.0 Å². The van der Waals surface area contributed by atoms with Crippen molar-refractivity contribution in [2.75, 3.05) is 13.6 Å². The van der Waals surface area contributed by atoms with E-state index < -0.39 is 0 Å². The average Bonchev–Trinajstić information content (AvgIpc) is 3.46. The molecule has 0 unspecified atom stereocenters. The molecular formula is C25H30IN7. The SMILES string of the molecule is CN=C(NCCc1ccc(-n2cccn2)cc1)NCc1ccccc1-n1nc(C)cc1C.I. The zero-order chi connectivity index (χ0) is 22.3. The molecule has 0 aliphatic carbocycles. The number of benzene rings is 2. The first-order valence-electron chi connectivity index (χ1n) is 10.8. The van der Waals surface area contributed by atoms with Gasteiger partial charge in [0.1, 0.15) is 0 Å². The van der Waals surface area contributed by atoms with Gasteiger partial charge >= 0.3 is 0 Å². The summed E-state index contributed by atoms with van der Waals surface area (Å²) in [5.74, 6) is 0.779. The predicted molar refractivity (Wildman–Crippen MR) is 144 cm³/mol. The largest absolute Gasteiger partial charge is 0.356 e. The van der Waals surface area contributed by atoms with Crippen molar-refractivity contribution in [2.45, 2.75) is 26.8 Å². The van der Waals surface area contributed by atoms with Gasteiger partial charge in [-0.05, 0) is 61.7 Å². The van der Waals surface area contributed by atoms with Crippen molar-refractivity contribution in [3.05, 3.63) is 95.6 Å². The van der Waals surface area contributed by atoms with E-state index in [-0.39, 0.29) is 24.0 Å². The van der Waals surface area contributed by atoms with Gasteiger partial charge in [-0.2, -0.15) is 10.2 Å². The molecule has 172 valence electrons. The van der Waals surface area contributed by atoms with Gasteiger partial charge in [-0.25, -0.2) is 9.36 Å². The summed E-state index contributed by atoms with van der Waals surface area (Å²) in [7, 11) is 1.79. The van der Waals surface area contributed by atoms with Crippen molar-refractivity contribution in [3.63, 3.8) is 0 Å². The van der Waals surface area contributed by atoms with Gasteiger partial charge in [0.25, 0.3) is 0 Å². The van der Waals surface area contributed by atoms with Gasteiger partial charge in [0.05, 0.1) is 17.1 Å². The fraction of sp³-hybridized carbons (Fsp3) is 0.240. The molecule has 7 nitrogen and oxygen atoms in total. The van der Waals surface area contributed by atoms with Gasteiger partial charge in [0.15, 0.2) is 5.96 Å². The van der Waals surface area contributed by atoms with Crippen molar-refractivity contribution in [3.8, 4) is 11.4 Å². The third-order valence-corrected chi connectivity index (χ3v) is 5.31. The second kappa shape index (κ2) is 11.6. The minimum absolute atomic E-state index is 0. The molecule has 0 fully saturated rings. The number of guanidine groups is 1. The van der Waals surface area contributed by atoms with Gasteiger partial charge in [-0.15, -0.1) is 24.0 Å². The molecule has 0 radical (unpaired) electrons. The van der Waals surface area contributed by atoms with E-state index in [1.165, 1.54) is 5.56 Å². The highest BCUT2D eigenvalue weighted by Gasteiger charge is 2.09. The molecule has 0 bridgehead atoms. The van der Waals surface area contributed by atoms with Crippen LogP contribution in [0.1, 0.15) is 22.5 Å². The second-order valence-corrected chi connectivity index (χ2v) is 7.69. The maximum Gasteiger partial charge on any atom is 0.191 e. The standard InChI is InChI=1S/C25H29N7.HI/c1-19-17-20(2)32(30-19)24-8-5-4-7-22(24)18-28-25(26-3)27-15-13-21-9-11-23(12-10-21)31-16-6-14-29-31;/h4-12,14,16-17H,13,15,18H2,1-3H3,(H2,26,27,28);1H. The Kier molecular flexibility index (Phi) is 8.65. The van der Waals surface area contributed by atoms with Gasteiger partial charge in [-0.3, -0.25) is 4.99 Å². The number of halogens is 1. The number of nitrogens with one attached hydrogen (secondary N) is 2. The first-order valence-corrected chi connectivity index (χ1v) is 10.8. The molecule has 4 rings (SSSR count). The molecule has 0 aliphatic heterocycles. The topological polar surface area (TPSA) is 72.1 Å². The fourth-order valence-corrected chi connectivity index (χ4v) is 3.70. The highest BCUT2D eigenvalue weighted by Crippen LogP contribution is 2.17. The Morgan fingerprint density at radius 2 is 1.79 bits per heavy atom. The smallest absolute Gasteiger partial charge is 0.191 e. The van der Waals surface area contributed by atoms with E-state index in [1.807, 2.05) is 34.6 Å². The van der Waals surface area contributed by atoms with E-state index in [2.05, 4.69) is 81.3 Å². The van der Waals surface area contributed by atoms with Crippen LogP contribution in [0.5, 0.6) is 0 Å². The van der Waals surface area contributed by atoms with Gasteiger partial charge in [0, 0.05) is 38.2 Å². The summed E-state index contributed by atoms with van der Waals surface area (Å²) < 4.78 is 3.85. The van der Waals surface area contributed by atoms with Crippen LogP contribution < -0.4 is 10.6 Å². The lowest BCUT2D eigenvalue weighted by Crippen LogP contribution is -2.38. The molecule has 0 saturated heterocycles. The van der Waals surface area contributed by atoms with Crippen LogP contribution in [0.2, 0.25) is 0 Å². The Hall–Kier alpha value is -3.14. The maximum atomic E-state index is 4.63. The third kappa shape index (κ3) is 6.22. The molecule has 2 heterocycles. The van der Waals surface area contributed by atoms with Crippen LogP contribution in [0.4, 0.5) is 0 Å². The summed E-state index contributed by atoms with van der Waals surface area (Å²) in [5.41, 5.74) is 6.70. The lowest BCUT2D eigenvalue weighted by Gasteiger charge is -2.15. The van der Waals surface area contributed by atoms with Crippen LogP contribution >= 0.6 is 24.0 Å². The Morgan fingerprint density at radius 3 is 2.45 bits per heavy atom. The van der Waals surface area contributed by atoms with E-state index in [4.69, 9.17) is 0 Å². The van der Waals surface area contributed by atoms with Crippen LogP contribution in [-0.4, -0.2) is 39.1 Å². The summed E-state index contributed by atoms with van der Waals surface area (Å²) in [5, 5.41) is 15.7. The lowest BCUT2D eigenvalue weighted by molar-refractivity contribution is 0.775. The van der Waals surface area contributed by atoms with Crippen LogP contribution in [0.3, 0.4) is 0 Å². The summed E-state index contributed by atoms with van der Waals surface area (Å²) >= 11 is 0. The molecule has 8 heteroatoms. The first-order chi connectivity index (χ1) is 15.6. The molecular weight excluding hydrogens is 525 g/mol. The molecule has 4 aromatic rings. The lowest BCUT2D eigenvalue weighted by atomic mass is 10.1. The van der Waals surface area contributed by atoms with Gasteiger partial charge in [-0.1, -0.05) is 30.3 Å². The van der Waals surface area contributed by atoms with E-state index in [9.17, 15) is 0 Å². The van der Waals surface area contributed by atoms with Crippen LogP contribution in [0.15, 0.2) is 78.0 Å². The van der Waals surface area contributed by atoms with E-state index in [0.717, 1.165) is 47.3 Å². The van der Waals surface area contributed by atoms with E-state index >= 15 is 0 Å². The number of rotatable bonds is 7. The summed E-state index contributed by atoms with van der Waals surface area (Å²) in [6, 6.07) is 20.8. The highest BCUT2D eigenvalue weighted by molar-refractivity contribution is 14.0. The molecule has 2 N–H and O–H groups in total. The van der Waals surface area contributed by atoms with Gasteiger partial charge < -0.3 is 10.6 Å². The number of hydrogen-bond donors (Lipinski definition) is 2. The molecule has 2 aromatic heterocycles. The van der Waals surface area contributed by atoms with Crippen molar-refractivity contribution in [1.82, 2.24) is 30.2 Å². The number of aromatic nitrogens is 4. The average molecular weight is 555 g/mol. The first kappa shape index (κ1) is 24.5. The van der Waals surface area contributed by atoms with E-state index in [1.54, 1.807) is 13.2 Å². The summed E-state index contributed by atoms with van der Waals surface area (Å²) in [6.45, 7) is 5.54. The summed E-state index contributed by atoms with van der Waals surface area (Å²) in [4.78, 5) is 4.37. The minimum Gasteiger partial charge on any atom is -0.356 e. The van der Waals surface area contributed by atoms with E-state index in [0.29, 0.717) is 6.54 Å². The van der Waals surface area contributed by atoms with Crippen molar-refractivity contribution < 1.29 is 0 Å². The molecule has 33 heavy (non-hydrogen) atoms. The molecule has 0 amide bonds. The number of para-hydroxylation sites is 1. The normalized spacial score (nSPS) is 11.2. The number of aliphatic imine (C=N–C) groups is 1. The predicted octanol–water partition coefficient (Wildman–Crippen LogP) is 4.20. The molecule has 0 spiro atoms. The maximum absolute atomic E-state index is 4.63. The zero-order valence-electron chi connectivity index (χ0n) is 19.2. The fourth-order valence-electron chi connectivity index (χ4n) is 3.70. The number of aryl methyl sites for hydroxylation is 2. The highest BCUT2D eigenvalue weighted by atomic mass is 127. The number of nitrogens with zero attached hydrogens (tertiary/aromatic N) is 5. The quantitative estimate of drug-likeness (QED) is 0.204. The monoisotopic (exact) mass is 555 g/mol. The second-order valence-electron chi connectivity index (χ2n) is 7.69. The Labute approximate surface area is 212 Å². The molecule has 0 atom stereocenters. The Bertz CT molecular complexity index is 1180. The van der Waals surface area contributed by atoms with Crippen molar-refractivity contribution in [1.29, 1.82) is 0 Å². The molecule has 0 aliphatic rings. The third-order valence-electron chi connectivity index (χ3n) is 5.31. The minimum atomic E-state index is 0. The van der Waals surface area contributed by atoms with Crippen molar-refractivity contribution in [2.24, 2.45) is 4.99 Å². The van der Waals surface area contributed by atoms with Gasteiger partial charge in [0.2, 0.25) is 0 Å².